The molecule has 4 heteroatoms. The van der Waals surface area contributed by atoms with Crippen molar-refractivity contribution in [3.05, 3.63) is 29.8 Å². The lowest BCUT2D eigenvalue weighted by molar-refractivity contribution is 0.284. The molecule has 0 fully saturated rings. The summed E-state index contributed by atoms with van der Waals surface area (Å²) in [5.41, 5.74) is 1.24. The van der Waals surface area contributed by atoms with Gasteiger partial charge >= 0.3 is 0 Å². The van der Waals surface area contributed by atoms with E-state index < -0.39 is 10.1 Å². The number of benzene rings is 1. The molecular weight excluding hydrogens is 248 g/mol. The van der Waals surface area contributed by atoms with Crippen molar-refractivity contribution in [2.75, 3.05) is 0 Å². The third-order valence-electron chi connectivity index (χ3n) is 2.91. The zero-order valence-corrected chi connectivity index (χ0v) is 12.5. The second-order valence-electron chi connectivity index (χ2n) is 6.62. The molecule has 0 spiro atoms. The first-order chi connectivity index (χ1) is 7.92. The molecule has 0 aromatic heterocycles. The summed E-state index contributed by atoms with van der Waals surface area (Å²) in [6, 6.07) is 6.45. The molecule has 0 saturated heterocycles. The van der Waals surface area contributed by atoms with Crippen molar-refractivity contribution in [1.29, 1.82) is 0 Å². The van der Waals surface area contributed by atoms with Crippen molar-refractivity contribution in [1.82, 2.24) is 0 Å². The molecular formula is C14H22O3S. The Hall–Kier alpha value is -0.870. The highest BCUT2D eigenvalue weighted by Gasteiger charge is 2.27. The highest BCUT2D eigenvalue weighted by molar-refractivity contribution is 7.85. The van der Waals surface area contributed by atoms with Gasteiger partial charge in [0.25, 0.3) is 10.1 Å². The fourth-order valence-corrected chi connectivity index (χ4v) is 2.99. The highest BCUT2D eigenvalue weighted by Crippen LogP contribution is 2.36. The molecule has 1 rings (SSSR count). The minimum Gasteiger partial charge on any atom is -0.282 e. The Labute approximate surface area is 110 Å². The largest absolute Gasteiger partial charge is 0.294 e. The van der Waals surface area contributed by atoms with Gasteiger partial charge in [0.05, 0.1) is 4.90 Å². The quantitative estimate of drug-likeness (QED) is 0.853. The number of rotatable bonds is 3. The van der Waals surface area contributed by atoms with Crippen LogP contribution in [0.1, 0.15) is 46.6 Å². The second kappa shape index (κ2) is 4.67. The minimum atomic E-state index is -4.10. The molecule has 1 aromatic rings. The molecule has 0 saturated carbocycles. The van der Waals surface area contributed by atoms with Crippen LogP contribution in [0.2, 0.25) is 0 Å². The van der Waals surface area contributed by atoms with Crippen LogP contribution in [0.3, 0.4) is 0 Å². The summed E-state index contributed by atoms with van der Waals surface area (Å²) in [5, 5.41) is 0. The van der Waals surface area contributed by atoms with E-state index in [4.69, 9.17) is 4.55 Å². The van der Waals surface area contributed by atoms with Gasteiger partial charge in [0, 0.05) is 0 Å². The van der Waals surface area contributed by atoms with Gasteiger partial charge in [-0.2, -0.15) is 8.42 Å². The van der Waals surface area contributed by atoms with E-state index in [-0.39, 0.29) is 15.7 Å². The summed E-state index contributed by atoms with van der Waals surface area (Å²) in [5.74, 6) is 0. The Morgan fingerprint density at radius 2 is 1.44 bits per heavy atom. The normalized spacial score (nSPS) is 13.7. The van der Waals surface area contributed by atoms with E-state index in [9.17, 15) is 8.42 Å². The molecule has 18 heavy (non-hydrogen) atoms. The van der Waals surface area contributed by atoms with Crippen molar-refractivity contribution in [2.45, 2.75) is 51.3 Å². The predicted octanol–water partition coefficient (Wildman–Crippen LogP) is 3.65. The molecule has 0 unspecified atom stereocenters. The van der Waals surface area contributed by atoms with Crippen LogP contribution in [0.15, 0.2) is 29.2 Å². The topological polar surface area (TPSA) is 54.4 Å². The van der Waals surface area contributed by atoms with Crippen LogP contribution >= 0.6 is 0 Å². The summed E-state index contributed by atoms with van der Waals surface area (Å²) in [4.78, 5) is -0.0576. The van der Waals surface area contributed by atoms with Crippen molar-refractivity contribution < 1.29 is 13.0 Å². The average Bonchev–Trinajstić information content (AvgIpc) is 2.13. The standard InChI is InChI=1S/C14H22O3S/c1-13(2,3)10-14(4,5)11-6-8-12(9-7-11)18(15,16)17/h6-9H,10H2,1-5H3,(H,15,16,17). The average molecular weight is 270 g/mol. The first-order valence-corrected chi connectivity index (χ1v) is 7.44. The third kappa shape index (κ3) is 4.10. The molecule has 0 aliphatic heterocycles. The first-order valence-electron chi connectivity index (χ1n) is 6.00. The van der Waals surface area contributed by atoms with Gasteiger partial charge in [0.1, 0.15) is 0 Å². The summed E-state index contributed by atoms with van der Waals surface area (Å²) in [7, 11) is -4.10. The van der Waals surface area contributed by atoms with Crippen LogP contribution < -0.4 is 0 Å². The van der Waals surface area contributed by atoms with Crippen molar-refractivity contribution in [2.24, 2.45) is 5.41 Å². The van der Waals surface area contributed by atoms with E-state index in [1.54, 1.807) is 12.1 Å². The first kappa shape index (κ1) is 15.2. The zero-order valence-electron chi connectivity index (χ0n) is 11.7. The van der Waals surface area contributed by atoms with Crippen molar-refractivity contribution in [3.63, 3.8) is 0 Å². The van der Waals surface area contributed by atoms with E-state index in [0.717, 1.165) is 12.0 Å². The van der Waals surface area contributed by atoms with Crippen LogP contribution in [0.25, 0.3) is 0 Å². The van der Waals surface area contributed by atoms with Crippen LogP contribution in [0, 0.1) is 5.41 Å². The monoisotopic (exact) mass is 270 g/mol. The zero-order chi connectivity index (χ0) is 14.2. The fraction of sp³-hybridized carbons (Fsp3) is 0.571. The van der Waals surface area contributed by atoms with Crippen LogP contribution in [-0.4, -0.2) is 13.0 Å². The van der Waals surface area contributed by atoms with Crippen molar-refractivity contribution in [3.8, 4) is 0 Å². The SMILES string of the molecule is CC(C)(C)CC(C)(C)c1ccc(S(=O)(=O)O)cc1. The number of hydrogen-bond donors (Lipinski definition) is 1. The molecule has 0 heterocycles. The highest BCUT2D eigenvalue weighted by atomic mass is 32.2. The van der Waals surface area contributed by atoms with E-state index in [2.05, 4.69) is 34.6 Å². The Balaban J connectivity index is 3.05. The van der Waals surface area contributed by atoms with Crippen LogP contribution in [0.5, 0.6) is 0 Å². The summed E-state index contributed by atoms with van der Waals surface area (Å²) >= 11 is 0. The van der Waals surface area contributed by atoms with Crippen molar-refractivity contribution >= 4 is 10.1 Å². The number of hydrogen-bond acceptors (Lipinski definition) is 2. The molecule has 0 aliphatic rings. The van der Waals surface area contributed by atoms with E-state index >= 15 is 0 Å². The molecule has 0 atom stereocenters. The smallest absolute Gasteiger partial charge is 0.282 e. The molecule has 0 bridgehead atoms. The minimum absolute atomic E-state index is 0.0317. The van der Waals surface area contributed by atoms with Crippen LogP contribution in [-0.2, 0) is 15.5 Å². The molecule has 1 aromatic carbocycles. The van der Waals surface area contributed by atoms with Gasteiger partial charge in [-0.05, 0) is 34.9 Å². The van der Waals surface area contributed by atoms with E-state index in [1.807, 2.05) is 0 Å². The molecule has 1 N–H and O–H groups in total. The van der Waals surface area contributed by atoms with Gasteiger partial charge in [-0.3, -0.25) is 4.55 Å². The maximum atomic E-state index is 11.0. The van der Waals surface area contributed by atoms with Gasteiger partial charge in [-0.1, -0.05) is 46.8 Å². The van der Waals surface area contributed by atoms with Crippen LogP contribution in [0.4, 0.5) is 0 Å². The Morgan fingerprint density at radius 3 is 1.78 bits per heavy atom. The Bertz CT molecular complexity index is 505. The third-order valence-corrected chi connectivity index (χ3v) is 3.77. The fourth-order valence-electron chi connectivity index (χ4n) is 2.51. The van der Waals surface area contributed by atoms with E-state index in [0.29, 0.717) is 0 Å². The molecule has 3 nitrogen and oxygen atoms in total. The lowest BCUT2D eigenvalue weighted by Gasteiger charge is -2.33. The molecule has 0 amide bonds. The van der Waals surface area contributed by atoms with Gasteiger partial charge in [-0.15, -0.1) is 0 Å². The lowest BCUT2D eigenvalue weighted by Crippen LogP contribution is -2.24. The molecule has 0 radical (unpaired) electrons. The summed E-state index contributed by atoms with van der Waals surface area (Å²) < 4.78 is 30.9. The predicted molar refractivity (Wildman–Crippen MR) is 73.4 cm³/mol. The summed E-state index contributed by atoms with van der Waals surface area (Å²) in [6.07, 6.45) is 0.991. The maximum Gasteiger partial charge on any atom is 0.294 e. The van der Waals surface area contributed by atoms with Gasteiger partial charge < -0.3 is 0 Å². The maximum absolute atomic E-state index is 11.0. The molecule has 102 valence electrons. The van der Waals surface area contributed by atoms with E-state index in [1.165, 1.54) is 12.1 Å². The molecule has 0 aliphatic carbocycles. The Kier molecular flexibility index (Phi) is 3.94. The Morgan fingerprint density at radius 1 is 1.00 bits per heavy atom. The second-order valence-corrected chi connectivity index (χ2v) is 8.04. The van der Waals surface area contributed by atoms with Gasteiger partial charge in [0.2, 0.25) is 0 Å². The summed E-state index contributed by atoms with van der Waals surface area (Å²) in [6.45, 7) is 10.8. The lowest BCUT2D eigenvalue weighted by atomic mass is 9.72. The van der Waals surface area contributed by atoms with Gasteiger partial charge in [0.15, 0.2) is 0 Å². The van der Waals surface area contributed by atoms with Gasteiger partial charge in [-0.25, -0.2) is 0 Å².